The van der Waals surface area contributed by atoms with Gasteiger partial charge in [-0.25, -0.2) is 15.0 Å². The van der Waals surface area contributed by atoms with Gasteiger partial charge < -0.3 is 8.98 Å². The number of hydrogen-bond acceptors (Lipinski definition) is 4. The van der Waals surface area contributed by atoms with Gasteiger partial charge in [0.1, 0.15) is 11.2 Å². The molecule has 262 valence electrons. The number of benzene rings is 8. The minimum Gasteiger partial charge on any atom is -0.456 e. The first-order chi connectivity index (χ1) is 37.7. The van der Waals surface area contributed by atoms with Gasteiger partial charge >= 0.3 is 0 Å². The third-order valence-electron chi connectivity index (χ3n) is 8.95. The Bertz CT molecular complexity index is 4600. The minimum absolute atomic E-state index is 0.131. The summed E-state index contributed by atoms with van der Waals surface area (Å²) < 4.78 is 221. The van der Waals surface area contributed by atoms with Crippen molar-refractivity contribution in [1.82, 2.24) is 19.5 Å². The number of nitrogens with zero attached hydrogens (tertiary/aromatic N) is 4. The Morgan fingerprint density at radius 2 is 1.04 bits per heavy atom. The van der Waals surface area contributed by atoms with E-state index in [9.17, 15) is 11.0 Å². The van der Waals surface area contributed by atoms with Gasteiger partial charge in [0.05, 0.1) is 49.6 Å². The molecule has 11 aromatic rings. The first kappa shape index (κ1) is 16.0. The van der Waals surface area contributed by atoms with Crippen molar-refractivity contribution < 1.29 is 37.3 Å². The van der Waals surface area contributed by atoms with Gasteiger partial charge in [-0.3, -0.25) is 0 Å². The summed E-state index contributed by atoms with van der Waals surface area (Å²) in [7, 11) is 0. The van der Waals surface area contributed by atoms with Crippen LogP contribution in [0.4, 0.5) is 0 Å². The van der Waals surface area contributed by atoms with E-state index in [1.807, 2.05) is 0 Å². The van der Waals surface area contributed by atoms with E-state index < -0.39 is 201 Å². The Balaban J connectivity index is 1.35. The predicted octanol–water partition coefficient (Wildman–Crippen LogP) is 13.2. The fraction of sp³-hybridized carbons (Fsp3) is 0. The lowest BCUT2D eigenvalue weighted by molar-refractivity contribution is 0.669. The van der Waals surface area contributed by atoms with Crippen LogP contribution in [0.5, 0.6) is 0 Å². The van der Waals surface area contributed by atoms with Crippen LogP contribution in [0.25, 0.3) is 106 Å². The number of hydrogen-bond donors (Lipinski definition) is 0. The highest BCUT2D eigenvalue weighted by molar-refractivity contribution is 6.11. The zero-order valence-electron chi connectivity index (χ0n) is 52.3. The second-order valence-corrected chi connectivity index (χ2v) is 12.2. The highest BCUT2D eigenvalue weighted by Crippen LogP contribution is 2.40. The maximum Gasteiger partial charge on any atom is 0.166 e. The third-order valence-corrected chi connectivity index (χ3v) is 8.95. The SMILES string of the molecule is [2H]c1c([2H])c([2H])c(-c2nc(-c3ccccc3)nc(-c3ccc(-c4c([2H])c([2H])c5c(oc6c([2H])c([2H])c([2H])c([2H])c65)c4[2H])cc3-n3c4c([2H])c([2H])c([2H])c([2H])c4c4c([2H])c(-c5c([2H])c([2H])c([2H])c([2H])c5[2H])c([2H])c([2H])c43)n2)c([2H])c1[2H]. The number of fused-ring (bicyclic) bond motifs is 6. The van der Waals surface area contributed by atoms with Crippen LogP contribution >= 0.6 is 0 Å². The summed E-state index contributed by atoms with van der Waals surface area (Å²) in [4.78, 5) is 14.0. The molecule has 0 saturated heterocycles. The van der Waals surface area contributed by atoms with Crippen LogP contribution in [-0.2, 0) is 0 Å². The molecule has 0 saturated carbocycles. The van der Waals surface area contributed by atoms with Crippen LogP contribution < -0.4 is 0 Å². The van der Waals surface area contributed by atoms with Gasteiger partial charge in [0.15, 0.2) is 17.5 Å². The van der Waals surface area contributed by atoms with Gasteiger partial charge in [-0.1, -0.05) is 145 Å². The van der Waals surface area contributed by atoms with Crippen LogP contribution in [0.2, 0.25) is 0 Å². The Hall–Kier alpha value is -7.63. The predicted molar refractivity (Wildman–Crippen MR) is 229 cm³/mol. The summed E-state index contributed by atoms with van der Waals surface area (Å²) in [5.41, 5.74) is -4.20. The molecule has 0 aliphatic carbocycles. The molecule has 0 unspecified atom stereocenters. The van der Waals surface area contributed by atoms with Crippen LogP contribution in [0, 0.1) is 0 Å². The van der Waals surface area contributed by atoms with E-state index in [0.717, 1.165) is 4.57 Å². The Morgan fingerprint density at radius 3 is 1.86 bits per heavy atom. The highest BCUT2D eigenvalue weighted by atomic mass is 16.3. The average Bonchev–Trinajstić information content (AvgIpc) is 4.23. The van der Waals surface area contributed by atoms with Crippen molar-refractivity contribution in [1.29, 1.82) is 0 Å². The minimum atomic E-state index is -0.890. The van der Waals surface area contributed by atoms with Crippen molar-refractivity contribution in [3.8, 4) is 62.1 Å². The molecule has 0 aliphatic heterocycles. The van der Waals surface area contributed by atoms with E-state index in [-0.39, 0.29) is 44.8 Å². The molecule has 3 heterocycles. The van der Waals surface area contributed by atoms with Crippen molar-refractivity contribution in [2.75, 3.05) is 0 Å². The maximum atomic E-state index is 9.79. The van der Waals surface area contributed by atoms with Gasteiger partial charge in [0.25, 0.3) is 0 Å². The van der Waals surface area contributed by atoms with Crippen molar-refractivity contribution in [2.24, 2.45) is 0 Å². The Labute approximate surface area is 356 Å². The van der Waals surface area contributed by atoms with Gasteiger partial charge in [0, 0.05) is 38.2 Å². The molecule has 0 fully saturated rings. The summed E-state index contributed by atoms with van der Waals surface area (Å²) >= 11 is 0. The van der Waals surface area contributed by atoms with Crippen molar-refractivity contribution in [3.63, 3.8) is 0 Å². The van der Waals surface area contributed by atoms with Crippen LogP contribution in [0.1, 0.15) is 32.9 Å². The largest absolute Gasteiger partial charge is 0.456 e. The second-order valence-electron chi connectivity index (χ2n) is 12.2. The molecule has 11 rings (SSSR count). The van der Waals surface area contributed by atoms with Gasteiger partial charge in [-0.05, 0) is 70.6 Å². The molecule has 0 N–H and O–H groups in total. The van der Waals surface area contributed by atoms with E-state index >= 15 is 0 Å². The fourth-order valence-electron chi connectivity index (χ4n) is 6.44. The van der Waals surface area contributed by atoms with E-state index in [4.69, 9.17) is 31.3 Å². The molecule has 3 aromatic heterocycles. The van der Waals surface area contributed by atoms with Crippen LogP contribution in [-0.4, -0.2) is 19.5 Å². The van der Waals surface area contributed by atoms with Crippen molar-refractivity contribution in [2.45, 2.75) is 0 Å². The Kier molecular flexibility index (Phi) is 3.73. The molecule has 0 amide bonds. The molecule has 5 nitrogen and oxygen atoms in total. The van der Waals surface area contributed by atoms with Gasteiger partial charge in [0.2, 0.25) is 0 Å². The van der Waals surface area contributed by atoms with E-state index in [2.05, 4.69) is 9.97 Å². The molecule has 0 aliphatic rings. The van der Waals surface area contributed by atoms with Crippen molar-refractivity contribution >= 4 is 43.7 Å². The molecular formula is C51H32N4O. The standard InChI is InChI=1S/C51H32N4O/c1-4-14-33(15-5-1)36-26-29-45-43(30-36)39-20-10-12-22-44(39)55(45)46-31-37(38-24-27-41-40-21-11-13-23-47(40)56-48(41)32-38)25-28-42(46)51-53-49(34-16-6-2-7-17-34)52-50(54-51)35-18-8-3-9-19-35/h1-32H/i1D,2D,4D,5D,6D,7D,10D,11D,12D,13D,14D,15D,16D,17D,20D,21D,22D,23D,24D,26D,27D,29D,30D,32D. The smallest absolute Gasteiger partial charge is 0.166 e. The Morgan fingerprint density at radius 1 is 0.411 bits per heavy atom. The normalized spacial score (nSPS) is 17.6. The molecule has 0 radical (unpaired) electrons. The first-order valence-corrected chi connectivity index (χ1v) is 16.8. The maximum absolute atomic E-state index is 9.79. The molecule has 0 spiro atoms. The molecule has 56 heavy (non-hydrogen) atoms. The second kappa shape index (κ2) is 13.0. The first-order valence-electron chi connectivity index (χ1n) is 28.8. The monoisotopic (exact) mass is 740 g/mol. The summed E-state index contributed by atoms with van der Waals surface area (Å²) in [6.07, 6.45) is 0. The zero-order chi connectivity index (χ0) is 57.9. The van der Waals surface area contributed by atoms with Gasteiger partial charge in [-0.2, -0.15) is 0 Å². The quantitative estimate of drug-likeness (QED) is 0.170. The lowest BCUT2D eigenvalue weighted by Crippen LogP contribution is -2.04. The topological polar surface area (TPSA) is 56.7 Å². The van der Waals surface area contributed by atoms with E-state index in [0.29, 0.717) is 5.56 Å². The van der Waals surface area contributed by atoms with Crippen LogP contribution in [0.15, 0.2) is 198 Å². The fourth-order valence-corrected chi connectivity index (χ4v) is 6.44. The molecular weight excluding hydrogens is 685 g/mol. The number of rotatable bonds is 6. The average molecular weight is 741 g/mol. The third kappa shape index (κ3) is 5.37. The highest BCUT2D eigenvalue weighted by Gasteiger charge is 2.21. The lowest BCUT2D eigenvalue weighted by Gasteiger charge is -2.16. The summed E-state index contributed by atoms with van der Waals surface area (Å²) in [5.74, 6) is -0.957. The molecule has 0 atom stereocenters. The number of furan rings is 1. The lowest BCUT2D eigenvalue weighted by atomic mass is 10.00. The van der Waals surface area contributed by atoms with Gasteiger partial charge in [-0.15, -0.1) is 0 Å². The molecule has 5 heteroatoms. The van der Waals surface area contributed by atoms with Crippen molar-refractivity contribution in [3.05, 3.63) is 194 Å². The number of aromatic nitrogens is 4. The van der Waals surface area contributed by atoms with E-state index in [1.54, 1.807) is 30.3 Å². The zero-order valence-corrected chi connectivity index (χ0v) is 28.3. The summed E-state index contributed by atoms with van der Waals surface area (Å²) in [6, 6.07) is -5.90. The summed E-state index contributed by atoms with van der Waals surface area (Å²) in [5, 5.41) is -1.46. The summed E-state index contributed by atoms with van der Waals surface area (Å²) in [6.45, 7) is 0. The van der Waals surface area contributed by atoms with E-state index in [1.165, 1.54) is 18.2 Å². The molecule has 0 bridgehead atoms. The number of para-hydroxylation sites is 2. The van der Waals surface area contributed by atoms with Crippen LogP contribution in [0.3, 0.4) is 0 Å². The molecule has 8 aromatic carbocycles.